The zero-order valence-corrected chi connectivity index (χ0v) is 15.9. The highest BCUT2D eigenvalue weighted by Crippen LogP contribution is 2.33. The van der Waals surface area contributed by atoms with Gasteiger partial charge in [0.1, 0.15) is 5.82 Å². The molecule has 2 heterocycles. The quantitative estimate of drug-likeness (QED) is 0.845. The number of amides is 1. The first kappa shape index (κ1) is 18.7. The second-order valence-electron chi connectivity index (χ2n) is 8.04. The normalized spacial score (nSPS) is 18.4. The summed E-state index contributed by atoms with van der Waals surface area (Å²) < 4.78 is 1.76. The molecule has 2 aromatic rings. The van der Waals surface area contributed by atoms with E-state index in [2.05, 4.69) is 10.3 Å². The van der Waals surface area contributed by atoms with Crippen LogP contribution in [0.4, 0.5) is 0 Å². The smallest absolute Gasteiger partial charge is 0.305 e. The molecule has 0 atom stereocenters. The van der Waals surface area contributed by atoms with Gasteiger partial charge in [-0.2, -0.15) is 0 Å². The van der Waals surface area contributed by atoms with Crippen molar-refractivity contribution in [3.05, 3.63) is 39.9 Å². The van der Waals surface area contributed by atoms with E-state index in [1.54, 1.807) is 22.8 Å². The van der Waals surface area contributed by atoms with E-state index >= 15 is 0 Å². The summed E-state index contributed by atoms with van der Waals surface area (Å²) in [5.41, 5.74) is 0.213. The molecule has 0 spiro atoms. The van der Waals surface area contributed by atoms with E-state index in [1.807, 2.05) is 0 Å². The highest BCUT2D eigenvalue weighted by molar-refractivity contribution is 5.98. The molecule has 7 nitrogen and oxygen atoms in total. The molecular weight excluding hydrogens is 358 g/mol. The molecule has 28 heavy (non-hydrogen) atoms. The second-order valence-corrected chi connectivity index (χ2v) is 8.04. The summed E-state index contributed by atoms with van der Waals surface area (Å²) in [6, 6.07) is 4.95. The average molecular weight is 383 g/mol. The van der Waals surface area contributed by atoms with Crippen molar-refractivity contribution in [2.45, 2.75) is 69.9 Å². The Morgan fingerprint density at radius 3 is 2.68 bits per heavy atom. The number of carboxylic acid groups (broad SMARTS) is 1. The van der Waals surface area contributed by atoms with Gasteiger partial charge >= 0.3 is 5.97 Å². The van der Waals surface area contributed by atoms with E-state index in [-0.39, 0.29) is 17.9 Å². The number of hydrogen-bond donors (Lipinski definition) is 2. The molecule has 148 valence electrons. The van der Waals surface area contributed by atoms with E-state index in [0.29, 0.717) is 35.9 Å². The SMILES string of the molecule is O=C(O)CC1(NC(=O)c2ccc3c(=O)n4c(nc3c2)CCCCC4)CCCC1. The summed E-state index contributed by atoms with van der Waals surface area (Å²) >= 11 is 0. The second kappa shape index (κ2) is 7.37. The van der Waals surface area contributed by atoms with E-state index in [4.69, 9.17) is 0 Å². The number of aromatic nitrogens is 2. The van der Waals surface area contributed by atoms with Crippen molar-refractivity contribution in [3.63, 3.8) is 0 Å². The van der Waals surface area contributed by atoms with Crippen LogP contribution in [0.5, 0.6) is 0 Å². The van der Waals surface area contributed by atoms with Crippen molar-refractivity contribution in [2.24, 2.45) is 0 Å². The van der Waals surface area contributed by atoms with Gasteiger partial charge in [-0.3, -0.25) is 19.0 Å². The van der Waals surface area contributed by atoms with Gasteiger partial charge in [0, 0.05) is 18.5 Å². The molecule has 1 fully saturated rings. The topological polar surface area (TPSA) is 101 Å². The summed E-state index contributed by atoms with van der Waals surface area (Å²) in [6.45, 7) is 0.692. The molecule has 1 aromatic heterocycles. The molecule has 0 radical (unpaired) electrons. The molecule has 1 saturated carbocycles. The molecular formula is C21H25N3O4. The minimum atomic E-state index is -0.905. The zero-order chi connectivity index (χ0) is 19.7. The molecule has 0 unspecified atom stereocenters. The Labute approximate surface area is 162 Å². The highest BCUT2D eigenvalue weighted by atomic mass is 16.4. The fourth-order valence-electron chi connectivity index (χ4n) is 4.56. The van der Waals surface area contributed by atoms with Crippen LogP contribution in [-0.4, -0.2) is 32.1 Å². The molecule has 7 heteroatoms. The number of fused-ring (bicyclic) bond motifs is 2. The summed E-state index contributed by atoms with van der Waals surface area (Å²) in [5.74, 6) is -0.425. The standard InChI is InChI=1S/C21H25N3O4/c25-18(26)13-21(9-3-4-10-21)23-19(27)14-7-8-15-16(12-14)22-17-6-2-1-5-11-24(17)20(15)28/h7-8,12H,1-6,9-11,13H2,(H,23,27)(H,25,26). The van der Waals surface area contributed by atoms with E-state index in [0.717, 1.165) is 44.3 Å². The predicted molar refractivity (Wildman–Crippen MR) is 104 cm³/mol. The van der Waals surface area contributed by atoms with E-state index < -0.39 is 11.5 Å². The Hall–Kier alpha value is -2.70. The Morgan fingerprint density at radius 2 is 1.93 bits per heavy atom. The largest absolute Gasteiger partial charge is 0.481 e. The zero-order valence-electron chi connectivity index (χ0n) is 15.9. The molecule has 2 aliphatic rings. The van der Waals surface area contributed by atoms with Crippen molar-refractivity contribution in [3.8, 4) is 0 Å². The number of carbonyl (C=O) groups excluding carboxylic acids is 1. The molecule has 1 amide bonds. The molecule has 0 bridgehead atoms. The number of rotatable bonds is 4. The van der Waals surface area contributed by atoms with Crippen molar-refractivity contribution >= 4 is 22.8 Å². The van der Waals surface area contributed by atoms with Crippen LogP contribution in [0.2, 0.25) is 0 Å². The van der Waals surface area contributed by atoms with Crippen LogP contribution in [0.3, 0.4) is 0 Å². The molecule has 1 aromatic carbocycles. The van der Waals surface area contributed by atoms with Gasteiger partial charge in [-0.25, -0.2) is 4.98 Å². The molecule has 0 saturated heterocycles. The summed E-state index contributed by atoms with van der Waals surface area (Å²) in [6.07, 6.45) is 6.94. The third-order valence-corrected chi connectivity index (χ3v) is 6.01. The monoisotopic (exact) mass is 383 g/mol. The maximum atomic E-state index is 12.8. The van der Waals surface area contributed by atoms with Gasteiger partial charge in [0.2, 0.25) is 0 Å². The highest BCUT2D eigenvalue weighted by Gasteiger charge is 2.37. The first-order valence-corrected chi connectivity index (χ1v) is 10.1. The Kier molecular flexibility index (Phi) is 4.91. The number of carboxylic acids is 1. The number of aryl methyl sites for hydroxylation is 1. The van der Waals surface area contributed by atoms with Gasteiger partial charge in [0.05, 0.1) is 22.9 Å². The van der Waals surface area contributed by atoms with Crippen LogP contribution in [0.15, 0.2) is 23.0 Å². The minimum Gasteiger partial charge on any atom is -0.481 e. The molecule has 2 N–H and O–H groups in total. The summed E-state index contributed by atoms with van der Waals surface area (Å²) in [7, 11) is 0. The number of aliphatic carboxylic acids is 1. The first-order chi connectivity index (χ1) is 13.5. The molecule has 1 aliphatic carbocycles. The van der Waals surface area contributed by atoms with E-state index in [1.165, 1.54) is 0 Å². The number of carbonyl (C=O) groups is 2. The fraction of sp³-hybridized carbons (Fsp3) is 0.524. The van der Waals surface area contributed by atoms with Crippen LogP contribution in [0, 0.1) is 0 Å². The van der Waals surface area contributed by atoms with Gasteiger partial charge in [0.15, 0.2) is 0 Å². The lowest BCUT2D eigenvalue weighted by Crippen LogP contribution is -2.47. The molecule has 4 rings (SSSR count). The van der Waals surface area contributed by atoms with Gasteiger partial charge in [-0.05, 0) is 43.9 Å². The van der Waals surface area contributed by atoms with Gasteiger partial charge in [-0.15, -0.1) is 0 Å². The number of benzene rings is 1. The van der Waals surface area contributed by atoms with Crippen LogP contribution < -0.4 is 10.9 Å². The minimum absolute atomic E-state index is 0.0491. The summed E-state index contributed by atoms with van der Waals surface area (Å²) in [4.78, 5) is 41.6. The van der Waals surface area contributed by atoms with Crippen LogP contribution in [-0.2, 0) is 17.8 Å². The number of hydrogen-bond acceptors (Lipinski definition) is 4. The van der Waals surface area contributed by atoms with Gasteiger partial charge in [0.25, 0.3) is 11.5 Å². The average Bonchev–Trinajstić information content (AvgIpc) is 2.96. The van der Waals surface area contributed by atoms with Crippen molar-refractivity contribution < 1.29 is 14.7 Å². The lowest BCUT2D eigenvalue weighted by atomic mass is 9.92. The maximum absolute atomic E-state index is 12.8. The lowest BCUT2D eigenvalue weighted by Gasteiger charge is -2.28. The third-order valence-electron chi connectivity index (χ3n) is 6.01. The lowest BCUT2D eigenvalue weighted by molar-refractivity contribution is -0.138. The van der Waals surface area contributed by atoms with Crippen LogP contribution in [0.25, 0.3) is 10.9 Å². The number of nitrogens with one attached hydrogen (secondary N) is 1. The Bertz CT molecular complexity index is 989. The third kappa shape index (κ3) is 3.53. The van der Waals surface area contributed by atoms with Gasteiger partial charge < -0.3 is 10.4 Å². The van der Waals surface area contributed by atoms with Crippen LogP contribution in [0.1, 0.15) is 67.5 Å². The maximum Gasteiger partial charge on any atom is 0.305 e. The molecule has 1 aliphatic heterocycles. The van der Waals surface area contributed by atoms with Crippen molar-refractivity contribution in [2.75, 3.05) is 0 Å². The number of nitrogens with zero attached hydrogens (tertiary/aromatic N) is 2. The van der Waals surface area contributed by atoms with Crippen molar-refractivity contribution in [1.29, 1.82) is 0 Å². The summed E-state index contributed by atoms with van der Waals surface area (Å²) in [5, 5.41) is 12.7. The predicted octanol–water partition coefficient (Wildman–Crippen LogP) is 2.64. The van der Waals surface area contributed by atoms with Crippen LogP contribution >= 0.6 is 0 Å². The Balaban J connectivity index is 1.66. The Morgan fingerprint density at radius 1 is 1.14 bits per heavy atom. The fourth-order valence-corrected chi connectivity index (χ4v) is 4.56. The van der Waals surface area contributed by atoms with E-state index in [9.17, 15) is 19.5 Å². The van der Waals surface area contributed by atoms with Crippen molar-refractivity contribution in [1.82, 2.24) is 14.9 Å². The first-order valence-electron chi connectivity index (χ1n) is 10.1. The van der Waals surface area contributed by atoms with Gasteiger partial charge in [-0.1, -0.05) is 19.3 Å².